The van der Waals surface area contributed by atoms with E-state index in [2.05, 4.69) is 24.0 Å². The highest BCUT2D eigenvalue weighted by molar-refractivity contribution is 7.71. The van der Waals surface area contributed by atoms with E-state index >= 15 is 0 Å². The molecule has 1 unspecified atom stereocenters. The number of aromatic nitrogens is 3. The van der Waals surface area contributed by atoms with Crippen LogP contribution in [0.15, 0.2) is 0 Å². The molecular formula is C11H19N3S. The van der Waals surface area contributed by atoms with Gasteiger partial charge in [-0.3, -0.25) is 5.10 Å². The van der Waals surface area contributed by atoms with E-state index in [1.807, 2.05) is 11.6 Å². The first-order valence-corrected chi connectivity index (χ1v) is 6.04. The SMILES string of the molecule is Cn1c(C2CCCCC2(C)C)n[nH]c1=S. The van der Waals surface area contributed by atoms with Crippen LogP contribution in [0.1, 0.15) is 51.3 Å². The fourth-order valence-corrected chi connectivity index (χ4v) is 2.78. The van der Waals surface area contributed by atoms with Crippen LogP contribution in [0.3, 0.4) is 0 Å². The summed E-state index contributed by atoms with van der Waals surface area (Å²) in [6.07, 6.45) is 5.18. The zero-order valence-corrected chi connectivity index (χ0v) is 10.5. The van der Waals surface area contributed by atoms with Crippen LogP contribution in [0, 0.1) is 10.2 Å². The molecule has 1 aromatic heterocycles. The predicted molar refractivity (Wildman–Crippen MR) is 63.4 cm³/mol. The molecule has 1 atom stereocenters. The largest absolute Gasteiger partial charge is 0.307 e. The minimum absolute atomic E-state index is 0.354. The van der Waals surface area contributed by atoms with Gasteiger partial charge in [0.05, 0.1) is 0 Å². The van der Waals surface area contributed by atoms with Gasteiger partial charge in [0.2, 0.25) is 0 Å². The lowest BCUT2D eigenvalue weighted by molar-refractivity contribution is 0.189. The monoisotopic (exact) mass is 225 g/mol. The molecule has 1 aliphatic carbocycles. The zero-order chi connectivity index (χ0) is 11.1. The fraction of sp³-hybridized carbons (Fsp3) is 0.818. The van der Waals surface area contributed by atoms with E-state index in [-0.39, 0.29) is 0 Å². The molecule has 1 fully saturated rings. The minimum atomic E-state index is 0.354. The van der Waals surface area contributed by atoms with Gasteiger partial charge in [-0.15, -0.1) is 0 Å². The molecular weight excluding hydrogens is 206 g/mol. The molecule has 2 rings (SSSR count). The van der Waals surface area contributed by atoms with Crippen LogP contribution in [0.5, 0.6) is 0 Å². The Kier molecular flexibility index (Phi) is 2.71. The van der Waals surface area contributed by atoms with Crippen molar-refractivity contribution in [3.05, 3.63) is 10.6 Å². The standard InChI is InChI=1S/C11H19N3S/c1-11(2)7-5-4-6-8(11)9-12-13-10(15)14(9)3/h8H,4-7H2,1-3H3,(H,13,15). The van der Waals surface area contributed by atoms with Crippen LogP contribution in [0.25, 0.3) is 0 Å². The van der Waals surface area contributed by atoms with Crippen molar-refractivity contribution in [2.75, 3.05) is 0 Å². The molecule has 1 saturated carbocycles. The Hall–Kier alpha value is -0.640. The average Bonchev–Trinajstić information content (AvgIpc) is 2.48. The second-order valence-electron chi connectivity index (χ2n) is 5.23. The number of hydrogen-bond donors (Lipinski definition) is 1. The minimum Gasteiger partial charge on any atom is -0.307 e. The molecule has 0 saturated heterocycles. The molecule has 1 heterocycles. The highest BCUT2D eigenvalue weighted by atomic mass is 32.1. The highest BCUT2D eigenvalue weighted by Crippen LogP contribution is 2.45. The van der Waals surface area contributed by atoms with E-state index in [0.29, 0.717) is 11.3 Å². The summed E-state index contributed by atoms with van der Waals surface area (Å²) < 4.78 is 2.75. The Balaban J connectivity index is 2.37. The summed E-state index contributed by atoms with van der Waals surface area (Å²) in [5.74, 6) is 1.67. The Morgan fingerprint density at radius 3 is 2.73 bits per heavy atom. The number of aromatic amines is 1. The number of nitrogens with one attached hydrogen (secondary N) is 1. The summed E-state index contributed by atoms with van der Waals surface area (Å²) in [6, 6.07) is 0. The van der Waals surface area contributed by atoms with Crippen LogP contribution < -0.4 is 0 Å². The van der Waals surface area contributed by atoms with E-state index in [0.717, 1.165) is 10.6 Å². The van der Waals surface area contributed by atoms with Crippen LogP contribution >= 0.6 is 12.2 Å². The molecule has 1 aliphatic rings. The van der Waals surface area contributed by atoms with Crippen molar-refractivity contribution >= 4 is 12.2 Å². The smallest absolute Gasteiger partial charge is 0.194 e. The lowest BCUT2D eigenvalue weighted by atomic mass is 9.68. The summed E-state index contributed by atoms with van der Waals surface area (Å²) in [6.45, 7) is 4.68. The summed E-state index contributed by atoms with van der Waals surface area (Å²) in [5, 5.41) is 7.27. The second kappa shape index (κ2) is 3.74. The van der Waals surface area contributed by atoms with Gasteiger partial charge in [-0.25, -0.2) is 0 Å². The lowest BCUT2D eigenvalue weighted by Gasteiger charge is -2.37. The van der Waals surface area contributed by atoms with Crippen molar-refractivity contribution in [3.63, 3.8) is 0 Å². The molecule has 4 heteroatoms. The van der Waals surface area contributed by atoms with Gasteiger partial charge in [0.15, 0.2) is 4.77 Å². The molecule has 3 nitrogen and oxygen atoms in total. The third kappa shape index (κ3) is 1.87. The Labute approximate surface area is 95.9 Å². The van der Waals surface area contributed by atoms with Crippen molar-refractivity contribution in [2.24, 2.45) is 12.5 Å². The normalized spacial score (nSPS) is 25.4. The van der Waals surface area contributed by atoms with E-state index < -0.39 is 0 Å². The molecule has 1 aromatic rings. The van der Waals surface area contributed by atoms with E-state index in [9.17, 15) is 0 Å². The van der Waals surface area contributed by atoms with Gasteiger partial charge < -0.3 is 4.57 Å². The molecule has 0 bridgehead atoms. The van der Waals surface area contributed by atoms with Crippen molar-refractivity contribution in [1.82, 2.24) is 14.8 Å². The van der Waals surface area contributed by atoms with E-state index in [4.69, 9.17) is 12.2 Å². The molecule has 0 amide bonds. The molecule has 0 aromatic carbocycles. The third-order valence-corrected chi connectivity index (χ3v) is 4.10. The maximum absolute atomic E-state index is 5.16. The maximum atomic E-state index is 5.16. The molecule has 15 heavy (non-hydrogen) atoms. The summed E-state index contributed by atoms with van der Waals surface area (Å²) in [5.41, 5.74) is 0.354. The number of hydrogen-bond acceptors (Lipinski definition) is 2. The van der Waals surface area contributed by atoms with Gasteiger partial charge in [0, 0.05) is 13.0 Å². The zero-order valence-electron chi connectivity index (χ0n) is 9.71. The number of nitrogens with zero attached hydrogens (tertiary/aromatic N) is 2. The van der Waals surface area contributed by atoms with Crippen LogP contribution in [0.4, 0.5) is 0 Å². The van der Waals surface area contributed by atoms with Gasteiger partial charge in [-0.05, 0) is 30.5 Å². The molecule has 0 aliphatic heterocycles. The van der Waals surface area contributed by atoms with Gasteiger partial charge in [-0.1, -0.05) is 26.7 Å². The molecule has 84 valence electrons. The van der Waals surface area contributed by atoms with Gasteiger partial charge in [0.25, 0.3) is 0 Å². The second-order valence-corrected chi connectivity index (χ2v) is 5.62. The quantitative estimate of drug-likeness (QED) is 0.745. The Bertz CT molecular complexity index is 402. The van der Waals surface area contributed by atoms with E-state index in [1.165, 1.54) is 25.7 Å². The van der Waals surface area contributed by atoms with Crippen molar-refractivity contribution < 1.29 is 0 Å². The Morgan fingerprint density at radius 1 is 1.47 bits per heavy atom. The van der Waals surface area contributed by atoms with E-state index in [1.54, 1.807) is 0 Å². The van der Waals surface area contributed by atoms with Crippen LogP contribution in [-0.4, -0.2) is 14.8 Å². The molecule has 0 spiro atoms. The predicted octanol–water partition coefficient (Wildman–Crippen LogP) is 3.16. The Morgan fingerprint density at radius 2 is 2.20 bits per heavy atom. The van der Waals surface area contributed by atoms with Crippen LogP contribution in [-0.2, 0) is 7.05 Å². The molecule has 0 radical (unpaired) electrons. The first kappa shape index (κ1) is 10.9. The number of H-pyrrole nitrogens is 1. The third-order valence-electron chi connectivity index (χ3n) is 3.73. The highest BCUT2D eigenvalue weighted by Gasteiger charge is 2.35. The molecule has 1 N–H and O–H groups in total. The first-order valence-electron chi connectivity index (χ1n) is 5.63. The van der Waals surface area contributed by atoms with Gasteiger partial charge in [0.1, 0.15) is 5.82 Å². The fourth-order valence-electron chi connectivity index (χ4n) is 2.64. The van der Waals surface area contributed by atoms with Gasteiger partial charge >= 0.3 is 0 Å². The van der Waals surface area contributed by atoms with Gasteiger partial charge in [-0.2, -0.15) is 5.10 Å². The first-order chi connectivity index (χ1) is 7.02. The van der Waals surface area contributed by atoms with Crippen molar-refractivity contribution in [1.29, 1.82) is 0 Å². The van der Waals surface area contributed by atoms with Crippen molar-refractivity contribution in [3.8, 4) is 0 Å². The maximum Gasteiger partial charge on any atom is 0.194 e. The lowest BCUT2D eigenvalue weighted by Crippen LogP contribution is -2.28. The summed E-state index contributed by atoms with van der Waals surface area (Å²) in [4.78, 5) is 0. The van der Waals surface area contributed by atoms with Crippen LogP contribution in [0.2, 0.25) is 0 Å². The number of rotatable bonds is 1. The summed E-state index contributed by atoms with van der Waals surface area (Å²) in [7, 11) is 2.01. The topological polar surface area (TPSA) is 33.6 Å². The average molecular weight is 225 g/mol. The van der Waals surface area contributed by atoms with Crippen molar-refractivity contribution in [2.45, 2.75) is 45.4 Å². The summed E-state index contributed by atoms with van der Waals surface area (Å²) >= 11 is 5.16.